The number of carboxylic acid groups (broad SMARTS) is 1. The Hall–Kier alpha value is -4.88. The molecule has 0 spiro atoms. The summed E-state index contributed by atoms with van der Waals surface area (Å²) in [6.45, 7) is 5.73. The van der Waals surface area contributed by atoms with Crippen LogP contribution in [0.3, 0.4) is 0 Å². The number of aliphatic hydroxyl groups is 2. The van der Waals surface area contributed by atoms with Crippen LogP contribution in [0.25, 0.3) is 0 Å². The standard InChI is InChI=1S/C67H106O12/c1-4-7-10-13-16-19-22-25-27-29-30-32-34-37-40-43-46-49-52-55-61(70)78-65-63(72)62(71)64(66(73)74)79-67(65)76-57-58(77-60(69)54-51-48-45-42-39-35-24-21-18-15-12-9-6-3)56-75-59(68)53-50-47-44-41-38-36-33-31-28-26-23-20-17-14-11-8-5-2/h7,10,12,15-17,19-21,24-28,30,32,37,40,46,49,58,62-65,67,71-72H,4-6,8-9,11,13-14,18,22-23,29,31,33-36,38-39,41-45,47-48,50-57H2,1-3H3,(H,73,74)/b10-7-,15-12-,19-16-,20-17-,24-21-,27-25-,28-26-,32-30-,40-37-,49-46-. The van der Waals surface area contributed by atoms with Crippen LogP contribution < -0.4 is 0 Å². The lowest BCUT2D eigenvalue weighted by Gasteiger charge is -2.40. The third-order valence-electron chi connectivity index (χ3n) is 13.0. The van der Waals surface area contributed by atoms with Gasteiger partial charge in [-0.05, 0) is 116 Å². The SMILES string of the molecule is CC/C=C\C/C=C\C/C=C\C/C=C\C/C=C\C/C=C\CCC(=O)OC1C(OCC(COC(=O)CCCCCCCCC/C=C\C/C=C\CCCCC)OC(=O)CCCCCCC/C=C\C/C=C\CCC)OC(C(=O)O)C(O)C1O. The van der Waals surface area contributed by atoms with E-state index >= 15 is 0 Å². The van der Waals surface area contributed by atoms with Crippen molar-refractivity contribution in [3.05, 3.63) is 122 Å². The average Bonchev–Trinajstić information content (AvgIpc) is 3.46. The molecule has 0 bridgehead atoms. The van der Waals surface area contributed by atoms with Gasteiger partial charge in [0.25, 0.3) is 0 Å². The normalized spacial score (nSPS) is 18.7. The van der Waals surface area contributed by atoms with Gasteiger partial charge in [0, 0.05) is 19.3 Å². The number of hydrogen-bond acceptors (Lipinski definition) is 11. The molecule has 0 aliphatic carbocycles. The lowest BCUT2D eigenvalue weighted by molar-refractivity contribution is -0.301. The first-order valence-corrected chi connectivity index (χ1v) is 30.5. The molecule has 446 valence electrons. The number of allylic oxidation sites excluding steroid dienone is 20. The molecule has 0 amide bonds. The Morgan fingerprint density at radius 3 is 1.32 bits per heavy atom. The zero-order chi connectivity index (χ0) is 57.5. The number of aliphatic hydroxyl groups excluding tert-OH is 2. The molecule has 0 aromatic rings. The number of carbonyl (C=O) groups is 4. The van der Waals surface area contributed by atoms with Crippen molar-refractivity contribution in [1.82, 2.24) is 0 Å². The molecule has 1 saturated heterocycles. The van der Waals surface area contributed by atoms with Crippen LogP contribution in [-0.2, 0) is 42.9 Å². The molecule has 6 unspecified atom stereocenters. The molecule has 1 rings (SSSR count). The lowest BCUT2D eigenvalue weighted by atomic mass is 9.98. The second-order valence-electron chi connectivity index (χ2n) is 20.2. The summed E-state index contributed by atoms with van der Waals surface area (Å²) in [5.74, 6) is -3.27. The van der Waals surface area contributed by atoms with E-state index in [0.717, 1.165) is 122 Å². The Morgan fingerprint density at radius 1 is 0.430 bits per heavy atom. The third kappa shape index (κ3) is 43.6. The first-order valence-electron chi connectivity index (χ1n) is 30.5. The Kier molecular flexibility index (Phi) is 49.1. The summed E-state index contributed by atoms with van der Waals surface area (Å²) in [5, 5.41) is 31.5. The third-order valence-corrected chi connectivity index (χ3v) is 13.0. The maximum absolute atomic E-state index is 13.1. The monoisotopic (exact) mass is 1100 g/mol. The van der Waals surface area contributed by atoms with Crippen LogP contribution in [0.1, 0.15) is 226 Å². The zero-order valence-electron chi connectivity index (χ0n) is 49.1. The number of rotatable bonds is 50. The largest absolute Gasteiger partial charge is 0.479 e. The number of ether oxygens (including phenoxy) is 5. The summed E-state index contributed by atoms with van der Waals surface area (Å²) < 4.78 is 28.3. The first kappa shape index (κ1) is 72.1. The molecule has 0 saturated carbocycles. The van der Waals surface area contributed by atoms with Gasteiger partial charge in [-0.1, -0.05) is 213 Å². The molecule has 12 nitrogen and oxygen atoms in total. The maximum atomic E-state index is 13.1. The molecule has 12 heteroatoms. The highest BCUT2D eigenvalue weighted by molar-refractivity contribution is 5.74. The van der Waals surface area contributed by atoms with E-state index in [-0.39, 0.29) is 25.9 Å². The number of aliphatic carboxylic acids is 1. The average molecular weight is 1100 g/mol. The number of hydrogen-bond donors (Lipinski definition) is 3. The van der Waals surface area contributed by atoms with Gasteiger partial charge in [-0.25, -0.2) is 4.79 Å². The van der Waals surface area contributed by atoms with Crippen molar-refractivity contribution in [1.29, 1.82) is 0 Å². The van der Waals surface area contributed by atoms with Crippen LogP contribution in [0.4, 0.5) is 0 Å². The van der Waals surface area contributed by atoms with Gasteiger partial charge >= 0.3 is 23.9 Å². The van der Waals surface area contributed by atoms with Gasteiger partial charge in [0.2, 0.25) is 0 Å². The molecular weight excluding hydrogens is 997 g/mol. The minimum absolute atomic E-state index is 0.0730. The molecule has 0 aromatic heterocycles. The van der Waals surface area contributed by atoms with Crippen molar-refractivity contribution < 1.29 is 58.2 Å². The number of esters is 3. The van der Waals surface area contributed by atoms with E-state index < -0.39 is 67.3 Å². The summed E-state index contributed by atoms with van der Waals surface area (Å²) >= 11 is 0. The molecule has 6 atom stereocenters. The topological polar surface area (TPSA) is 175 Å². The zero-order valence-corrected chi connectivity index (χ0v) is 49.1. The van der Waals surface area contributed by atoms with Crippen LogP contribution >= 0.6 is 0 Å². The Morgan fingerprint density at radius 2 is 0.848 bits per heavy atom. The van der Waals surface area contributed by atoms with Gasteiger partial charge in [-0.2, -0.15) is 0 Å². The number of carbonyl (C=O) groups excluding carboxylic acids is 3. The van der Waals surface area contributed by atoms with E-state index in [1.54, 1.807) is 0 Å². The predicted octanol–water partition coefficient (Wildman–Crippen LogP) is 16.0. The molecule has 0 aromatic carbocycles. The number of unbranched alkanes of at least 4 members (excludes halogenated alkanes) is 16. The summed E-state index contributed by atoms with van der Waals surface area (Å²) in [7, 11) is 0. The first-order chi connectivity index (χ1) is 38.6. The molecular formula is C67H106O12. The quantitative estimate of drug-likeness (QED) is 0.0228. The Bertz CT molecular complexity index is 1840. The van der Waals surface area contributed by atoms with Crippen LogP contribution in [0.5, 0.6) is 0 Å². The van der Waals surface area contributed by atoms with Gasteiger partial charge in [0.1, 0.15) is 18.8 Å². The van der Waals surface area contributed by atoms with Gasteiger partial charge in [-0.3, -0.25) is 14.4 Å². The van der Waals surface area contributed by atoms with Gasteiger partial charge in [-0.15, -0.1) is 0 Å². The Labute approximate surface area is 478 Å². The van der Waals surface area contributed by atoms with Gasteiger partial charge < -0.3 is 39.0 Å². The van der Waals surface area contributed by atoms with Crippen LogP contribution in [0.15, 0.2) is 122 Å². The molecule has 1 aliphatic rings. The van der Waals surface area contributed by atoms with E-state index in [2.05, 4.69) is 124 Å². The fraction of sp³-hybridized carbons (Fsp3) is 0.642. The fourth-order valence-corrected chi connectivity index (χ4v) is 8.34. The second kappa shape index (κ2) is 53.7. The van der Waals surface area contributed by atoms with Gasteiger partial charge in [0.15, 0.2) is 24.6 Å². The van der Waals surface area contributed by atoms with E-state index in [0.29, 0.717) is 25.7 Å². The van der Waals surface area contributed by atoms with Crippen molar-refractivity contribution >= 4 is 23.9 Å². The van der Waals surface area contributed by atoms with Crippen molar-refractivity contribution in [3.63, 3.8) is 0 Å². The van der Waals surface area contributed by atoms with E-state index in [4.69, 9.17) is 23.7 Å². The van der Waals surface area contributed by atoms with Crippen molar-refractivity contribution in [2.75, 3.05) is 13.2 Å². The summed E-state index contributed by atoms with van der Waals surface area (Å²) in [5.41, 5.74) is 0. The maximum Gasteiger partial charge on any atom is 0.335 e. The van der Waals surface area contributed by atoms with E-state index in [1.165, 1.54) is 38.5 Å². The fourth-order valence-electron chi connectivity index (χ4n) is 8.34. The molecule has 79 heavy (non-hydrogen) atoms. The van der Waals surface area contributed by atoms with Crippen molar-refractivity contribution in [2.24, 2.45) is 0 Å². The minimum Gasteiger partial charge on any atom is -0.479 e. The molecule has 0 radical (unpaired) electrons. The predicted molar refractivity (Wildman–Crippen MR) is 321 cm³/mol. The van der Waals surface area contributed by atoms with E-state index in [1.807, 2.05) is 18.2 Å². The minimum atomic E-state index is -1.94. The molecule has 3 N–H and O–H groups in total. The highest BCUT2D eigenvalue weighted by Crippen LogP contribution is 2.26. The summed E-state index contributed by atoms with van der Waals surface area (Å²) in [4.78, 5) is 51.2. The lowest BCUT2D eigenvalue weighted by Crippen LogP contribution is -2.61. The second-order valence-corrected chi connectivity index (χ2v) is 20.2. The number of carboxylic acids is 1. The van der Waals surface area contributed by atoms with Crippen LogP contribution in [0.2, 0.25) is 0 Å². The van der Waals surface area contributed by atoms with Crippen molar-refractivity contribution in [2.45, 2.75) is 263 Å². The molecule has 1 heterocycles. The van der Waals surface area contributed by atoms with Crippen LogP contribution in [0, 0.1) is 0 Å². The summed E-state index contributed by atoms with van der Waals surface area (Å²) in [6.07, 6.45) is 61.7. The highest BCUT2D eigenvalue weighted by atomic mass is 16.7. The summed E-state index contributed by atoms with van der Waals surface area (Å²) in [6, 6.07) is 0. The molecule has 1 aliphatic heterocycles. The van der Waals surface area contributed by atoms with Crippen LogP contribution in [-0.4, -0.2) is 89.2 Å². The Balaban J connectivity index is 2.73. The van der Waals surface area contributed by atoms with E-state index in [9.17, 15) is 34.5 Å². The smallest absolute Gasteiger partial charge is 0.335 e. The van der Waals surface area contributed by atoms with Crippen molar-refractivity contribution in [3.8, 4) is 0 Å². The highest BCUT2D eigenvalue weighted by Gasteiger charge is 2.50. The van der Waals surface area contributed by atoms with Gasteiger partial charge in [0.05, 0.1) is 6.61 Å². The molecule has 1 fully saturated rings.